The second-order valence-corrected chi connectivity index (χ2v) is 28.8. The zero-order valence-electron chi connectivity index (χ0n) is 67.3. The molecule has 0 saturated heterocycles. The van der Waals surface area contributed by atoms with Crippen molar-refractivity contribution in [1.82, 2.24) is 0 Å². The predicted octanol–water partition coefficient (Wildman–Crippen LogP) is 24.2. The Morgan fingerprint density at radius 1 is 0.264 bits per heavy atom. The Balaban J connectivity index is 5.60. The predicted molar refractivity (Wildman–Crippen MR) is 454 cm³/mol. The van der Waals surface area contributed by atoms with Gasteiger partial charge in [0.05, 0.1) is 26.4 Å². The Morgan fingerprint density at radius 3 is 0.782 bits per heavy atom. The Labute approximate surface area is 664 Å². The highest BCUT2D eigenvalue weighted by molar-refractivity contribution is 7.47. The van der Waals surface area contributed by atoms with Crippen molar-refractivity contribution in [2.75, 3.05) is 39.6 Å². The van der Waals surface area contributed by atoms with Crippen LogP contribution in [0.4, 0.5) is 0 Å². The number of carbonyl (C=O) groups is 4. The van der Waals surface area contributed by atoms with Crippen LogP contribution in [-0.4, -0.2) is 96.7 Å². The summed E-state index contributed by atoms with van der Waals surface area (Å²) < 4.78 is 68.4. The number of aliphatic hydroxyl groups excluding tert-OH is 1. The zero-order chi connectivity index (χ0) is 80.3. The van der Waals surface area contributed by atoms with Crippen LogP contribution < -0.4 is 0 Å². The first-order valence-electron chi connectivity index (χ1n) is 40.6. The molecule has 0 saturated carbocycles. The lowest BCUT2D eigenvalue weighted by molar-refractivity contribution is -0.161. The van der Waals surface area contributed by atoms with E-state index in [1.165, 1.54) is 25.7 Å². The molecule has 0 aliphatic rings. The van der Waals surface area contributed by atoms with E-state index in [1.54, 1.807) is 0 Å². The van der Waals surface area contributed by atoms with Crippen LogP contribution in [0.25, 0.3) is 0 Å². The van der Waals surface area contributed by atoms with Crippen LogP contribution in [-0.2, 0) is 65.4 Å². The normalized spacial score (nSPS) is 15.0. The molecule has 110 heavy (non-hydrogen) atoms. The Bertz CT molecular complexity index is 3000. The minimum Gasteiger partial charge on any atom is -0.462 e. The molecule has 0 bridgehead atoms. The van der Waals surface area contributed by atoms with E-state index in [-0.39, 0.29) is 25.7 Å². The van der Waals surface area contributed by atoms with E-state index in [0.29, 0.717) is 44.9 Å². The first kappa shape index (κ1) is 103. The molecule has 0 aromatic carbocycles. The highest BCUT2D eigenvalue weighted by Gasteiger charge is 2.30. The first-order chi connectivity index (χ1) is 53.7. The molecule has 0 amide bonds. The number of hydrogen-bond acceptors (Lipinski definition) is 15. The van der Waals surface area contributed by atoms with Gasteiger partial charge in [-0.1, -0.05) is 297 Å². The maximum absolute atomic E-state index is 13.1. The van der Waals surface area contributed by atoms with Crippen LogP contribution in [0.15, 0.2) is 231 Å². The van der Waals surface area contributed by atoms with Gasteiger partial charge in [0.15, 0.2) is 12.2 Å². The highest BCUT2D eigenvalue weighted by Crippen LogP contribution is 2.45. The Kier molecular flexibility index (Phi) is 75.2. The van der Waals surface area contributed by atoms with Crippen LogP contribution >= 0.6 is 15.6 Å². The smallest absolute Gasteiger partial charge is 0.462 e. The van der Waals surface area contributed by atoms with Crippen LogP contribution in [0.2, 0.25) is 0 Å². The Hall–Kier alpha value is -6.88. The number of unbranched alkanes of at least 4 members (excludes halogenated alkanes) is 9. The fourth-order valence-electron chi connectivity index (χ4n) is 9.58. The van der Waals surface area contributed by atoms with E-state index in [9.17, 15) is 43.2 Å². The van der Waals surface area contributed by atoms with Gasteiger partial charge >= 0.3 is 39.5 Å². The van der Waals surface area contributed by atoms with Gasteiger partial charge in [0.2, 0.25) is 0 Å². The average molecular weight is 1570 g/mol. The van der Waals surface area contributed by atoms with Gasteiger partial charge in [0.1, 0.15) is 19.3 Å². The molecule has 0 heterocycles. The fraction of sp³-hybridized carbons (Fsp3) is 0.538. The fourth-order valence-corrected chi connectivity index (χ4v) is 11.2. The van der Waals surface area contributed by atoms with Crippen molar-refractivity contribution in [2.24, 2.45) is 0 Å². The molecule has 0 fully saturated rings. The van der Waals surface area contributed by atoms with Crippen LogP contribution in [0, 0.1) is 0 Å². The molecule has 616 valence electrons. The number of esters is 4. The van der Waals surface area contributed by atoms with E-state index >= 15 is 0 Å². The maximum atomic E-state index is 13.1. The summed E-state index contributed by atoms with van der Waals surface area (Å²) in [5.41, 5.74) is 0. The van der Waals surface area contributed by atoms with E-state index in [0.717, 1.165) is 135 Å². The molecule has 3 N–H and O–H groups in total. The van der Waals surface area contributed by atoms with Gasteiger partial charge in [-0.05, 0) is 167 Å². The summed E-state index contributed by atoms with van der Waals surface area (Å²) in [7, 11) is -10.1. The minimum absolute atomic E-state index is 0.00821. The third-order valence-corrected chi connectivity index (χ3v) is 17.5. The second kappa shape index (κ2) is 80.2. The molecular formula is C91H140O17P2. The second-order valence-electron chi connectivity index (χ2n) is 25.9. The molecule has 0 spiro atoms. The van der Waals surface area contributed by atoms with Crippen molar-refractivity contribution >= 4 is 39.5 Å². The molecule has 0 rings (SSSR count). The summed E-state index contributed by atoms with van der Waals surface area (Å²) in [6.45, 7) is 4.20. The summed E-state index contributed by atoms with van der Waals surface area (Å²) in [6, 6.07) is 0. The molecular weight excluding hydrogens is 1430 g/mol. The van der Waals surface area contributed by atoms with Crippen molar-refractivity contribution < 1.29 is 80.2 Å². The molecule has 19 heteroatoms. The quantitative estimate of drug-likeness (QED) is 0.0169. The van der Waals surface area contributed by atoms with Crippen molar-refractivity contribution in [3.05, 3.63) is 231 Å². The van der Waals surface area contributed by atoms with Crippen LogP contribution in [0.5, 0.6) is 0 Å². The maximum Gasteiger partial charge on any atom is 0.472 e. The van der Waals surface area contributed by atoms with Crippen molar-refractivity contribution in [3.8, 4) is 0 Å². The van der Waals surface area contributed by atoms with Crippen LogP contribution in [0.3, 0.4) is 0 Å². The molecule has 2 unspecified atom stereocenters. The number of phosphoric ester groups is 2. The standard InChI is InChI=1S/C91H140O17P2/c1-5-9-13-17-21-25-29-33-36-39-42-45-48-52-55-59-63-67-71-75-88(93)101-81-86(107-90(95)77-73-69-65-61-57-51-32-28-24-20-16-12-8-4)83-105-109(97,98)103-79-85(92)80-104-110(99,100)106-84-87(108-91(96)78-74-70-66-62-58-54-50-47-44-41-38-35-31-27-23-19-15-11-7-3)82-102-89(94)76-72-68-64-60-56-53-49-46-43-40-37-34-30-26-22-18-14-10-6-2/h9-11,13-15,21-23,25-28,32-38,42-47,52-56,58,63-64,66-68,70,85-87,92H,5-8,12,16-20,24,29-31,39-41,48-51,57,59-62,65,69,71-84H2,1-4H3,(H,97,98)(H,99,100)/b13-9-,14-10-,15-11-,25-21-,26-22-,27-23-,32-28-,36-33-,37-34-,38-35-,45-42-,46-43-,47-44-,55-52-,56-53-,58-54-,67-63-,68-64-,70-66-/t85-,86+,87+/m0/s1. The first-order valence-corrected chi connectivity index (χ1v) is 43.6. The number of hydrogen-bond donors (Lipinski definition) is 3. The van der Waals surface area contributed by atoms with Gasteiger partial charge in [-0.15, -0.1) is 0 Å². The summed E-state index contributed by atoms with van der Waals surface area (Å²) in [5, 5.41) is 10.6. The van der Waals surface area contributed by atoms with Crippen LogP contribution in [0.1, 0.15) is 259 Å². The summed E-state index contributed by atoms with van der Waals surface area (Å²) in [5.74, 6) is -2.51. The van der Waals surface area contributed by atoms with E-state index in [4.69, 9.17) is 37.0 Å². The highest BCUT2D eigenvalue weighted by atomic mass is 31.2. The van der Waals surface area contributed by atoms with Crippen molar-refractivity contribution in [3.63, 3.8) is 0 Å². The molecule has 17 nitrogen and oxygen atoms in total. The topological polar surface area (TPSA) is 237 Å². The lowest BCUT2D eigenvalue weighted by Gasteiger charge is -2.21. The number of allylic oxidation sites excluding steroid dienone is 38. The largest absolute Gasteiger partial charge is 0.472 e. The average Bonchev–Trinajstić information content (AvgIpc) is 0.900. The Morgan fingerprint density at radius 2 is 0.491 bits per heavy atom. The molecule has 0 aromatic heterocycles. The third-order valence-electron chi connectivity index (χ3n) is 15.6. The number of carbonyl (C=O) groups excluding carboxylic acids is 4. The van der Waals surface area contributed by atoms with Gasteiger partial charge in [0, 0.05) is 25.7 Å². The van der Waals surface area contributed by atoms with Gasteiger partial charge in [-0.25, -0.2) is 9.13 Å². The summed E-state index contributed by atoms with van der Waals surface area (Å²) in [6.07, 6.45) is 104. The van der Waals surface area contributed by atoms with Gasteiger partial charge in [-0.3, -0.25) is 37.3 Å². The van der Waals surface area contributed by atoms with Gasteiger partial charge < -0.3 is 33.8 Å². The summed E-state index contributed by atoms with van der Waals surface area (Å²) in [4.78, 5) is 73.0. The van der Waals surface area contributed by atoms with E-state index < -0.39 is 97.5 Å². The zero-order valence-corrected chi connectivity index (χ0v) is 69.1. The monoisotopic (exact) mass is 1570 g/mol. The van der Waals surface area contributed by atoms with Crippen molar-refractivity contribution in [2.45, 2.75) is 277 Å². The molecule has 5 atom stereocenters. The minimum atomic E-state index is -5.04. The molecule has 0 aliphatic heterocycles. The number of rotatable bonds is 73. The molecule has 0 radical (unpaired) electrons. The number of aliphatic hydroxyl groups is 1. The lowest BCUT2D eigenvalue weighted by atomic mass is 10.1. The number of phosphoric acid groups is 2. The van der Waals surface area contributed by atoms with E-state index in [1.807, 2.05) is 54.7 Å². The number of ether oxygens (including phenoxy) is 4. The van der Waals surface area contributed by atoms with Gasteiger partial charge in [-0.2, -0.15) is 0 Å². The summed E-state index contributed by atoms with van der Waals surface area (Å²) >= 11 is 0. The van der Waals surface area contributed by atoms with E-state index in [2.05, 4.69) is 204 Å². The third kappa shape index (κ3) is 79.2. The SMILES string of the molecule is CC/C=C\C/C=C\C/C=C\C/C=C\C/C=C\C/C=C\CCC(=O)OC[C@H](COP(=O)(O)OC[C@@H](O)COP(=O)(O)OC[C@@H](COC(=O)CC/C=C\C/C=C\C/C=C\C/C=C\C/C=C\C/C=C\CC)OC(=O)CCCCCCC/C=C\CCCCCC)OC(=O)CC/C=C\C/C=C\C/C=C\C/C=C\C/C=C\C/C=C\CC. The lowest BCUT2D eigenvalue weighted by Crippen LogP contribution is -2.30. The van der Waals surface area contributed by atoms with Gasteiger partial charge in [0.25, 0.3) is 0 Å². The molecule has 0 aromatic rings. The van der Waals surface area contributed by atoms with Crippen molar-refractivity contribution in [1.29, 1.82) is 0 Å². The molecule has 0 aliphatic carbocycles.